The molecule has 0 radical (unpaired) electrons. The van der Waals surface area contributed by atoms with Gasteiger partial charge in [0.2, 0.25) is 0 Å². The molecule has 0 atom stereocenters. The lowest BCUT2D eigenvalue weighted by atomic mass is 10.1. The zero-order chi connectivity index (χ0) is 17.8. The van der Waals surface area contributed by atoms with E-state index in [0.29, 0.717) is 11.3 Å². The van der Waals surface area contributed by atoms with E-state index in [4.69, 9.17) is 11.6 Å². The van der Waals surface area contributed by atoms with Gasteiger partial charge in [0.05, 0.1) is 0 Å². The van der Waals surface area contributed by atoms with Crippen LogP contribution in [0.3, 0.4) is 0 Å². The zero-order valence-electron chi connectivity index (χ0n) is 10.7. The van der Waals surface area contributed by atoms with Crippen LogP contribution < -0.4 is 0 Å². The van der Waals surface area contributed by atoms with Crippen LogP contribution in [0, 0.1) is 0 Å². The summed E-state index contributed by atoms with van der Waals surface area (Å²) >= 11 is 6.15. The Hall–Kier alpha value is -1.43. The first-order chi connectivity index (χ1) is 10.3. The van der Waals surface area contributed by atoms with Gasteiger partial charge in [0, 0.05) is 12.4 Å². The Morgan fingerprint density at radius 3 is 2.04 bits per heavy atom. The molecule has 0 aliphatic carbocycles. The van der Waals surface area contributed by atoms with Gasteiger partial charge >= 0.3 is 18.3 Å². The number of nitrogens with zero attached hydrogens (tertiary/aromatic N) is 3. The van der Waals surface area contributed by atoms with E-state index in [2.05, 4.69) is 10.1 Å². The molecule has 0 saturated carbocycles. The first-order valence-corrected chi connectivity index (χ1v) is 6.73. The van der Waals surface area contributed by atoms with Crippen LogP contribution in [0.1, 0.15) is 11.3 Å². The third kappa shape index (κ3) is 3.01. The van der Waals surface area contributed by atoms with Crippen molar-refractivity contribution in [2.45, 2.75) is 18.3 Å². The Labute approximate surface area is 131 Å². The summed E-state index contributed by atoms with van der Waals surface area (Å²) in [4.78, 5) is 3.47. The monoisotopic (exact) mass is 385 g/mol. The Bertz CT molecular complexity index is 730. The summed E-state index contributed by atoms with van der Waals surface area (Å²) in [7, 11) is 0.799. The Kier molecular flexibility index (Phi) is 4.13. The molecule has 128 valence electrons. The second-order valence-electron chi connectivity index (χ2n) is 4.25. The summed E-state index contributed by atoms with van der Waals surface area (Å²) < 4.78 is 104. The number of aromatic nitrogens is 3. The Balaban J connectivity index is 2.82. The van der Waals surface area contributed by atoms with Gasteiger partial charge in [0.25, 0.3) is 0 Å². The number of rotatable bonds is 2. The van der Waals surface area contributed by atoms with Crippen molar-refractivity contribution in [2.75, 3.05) is 0 Å². The number of aryl methyl sites for hydroxylation is 1. The van der Waals surface area contributed by atoms with Crippen molar-refractivity contribution >= 4 is 22.9 Å². The molecular weight excluding hydrogens is 382 g/mol. The molecule has 0 fully saturated rings. The maximum absolute atomic E-state index is 13.4. The number of halogens is 9. The van der Waals surface area contributed by atoms with Gasteiger partial charge in [0.1, 0.15) is 17.0 Å². The number of hydrogen-bond acceptors (Lipinski definition) is 3. The molecule has 0 saturated heterocycles. The third-order valence-electron chi connectivity index (χ3n) is 2.70. The molecule has 13 heteroatoms. The SMILES string of the molecule is Cn1nc(C(F)(F)C(F)(F)F)c(C(F)(F)F)c1-c1csc(Cl)n1. The molecule has 0 aliphatic rings. The second-order valence-corrected chi connectivity index (χ2v) is 5.69. The lowest BCUT2D eigenvalue weighted by Gasteiger charge is -2.19. The summed E-state index contributed by atoms with van der Waals surface area (Å²) in [5.41, 5.74) is -6.17. The minimum Gasteiger partial charge on any atom is -0.265 e. The molecule has 2 heterocycles. The fraction of sp³-hybridized carbons (Fsp3) is 0.400. The third-order valence-corrected chi connectivity index (χ3v) is 3.68. The van der Waals surface area contributed by atoms with Crippen molar-refractivity contribution in [1.82, 2.24) is 14.8 Å². The maximum atomic E-state index is 13.4. The van der Waals surface area contributed by atoms with Crippen LogP contribution in [0.2, 0.25) is 4.47 Å². The fourth-order valence-electron chi connectivity index (χ4n) is 1.80. The highest BCUT2D eigenvalue weighted by atomic mass is 35.5. The molecular formula is C10H4ClF8N3S. The molecule has 0 N–H and O–H groups in total. The number of alkyl halides is 8. The van der Waals surface area contributed by atoms with Crippen LogP contribution in [0.25, 0.3) is 11.4 Å². The minimum atomic E-state index is -6.24. The highest BCUT2D eigenvalue weighted by Gasteiger charge is 2.64. The average Bonchev–Trinajstić information content (AvgIpc) is 2.90. The Morgan fingerprint density at radius 1 is 1.09 bits per heavy atom. The van der Waals surface area contributed by atoms with Gasteiger partial charge < -0.3 is 0 Å². The van der Waals surface area contributed by atoms with E-state index in [1.165, 1.54) is 0 Å². The van der Waals surface area contributed by atoms with Crippen LogP contribution in [-0.2, 0) is 19.1 Å². The van der Waals surface area contributed by atoms with E-state index in [1.807, 2.05) is 0 Å². The van der Waals surface area contributed by atoms with Gasteiger partial charge in [-0.05, 0) is 0 Å². The first kappa shape index (κ1) is 17.9. The van der Waals surface area contributed by atoms with Crippen molar-refractivity contribution in [3.63, 3.8) is 0 Å². The maximum Gasteiger partial charge on any atom is 0.459 e. The minimum absolute atomic E-state index is 0.210. The summed E-state index contributed by atoms with van der Waals surface area (Å²) in [6.45, 7) is 0. The number of hydrogen-bond donors (Lipinski definition) is 0. The van der Waals surface area contributed by atoms with E-state index in [1.54, 1.807) is 0 Å². The summed E-state index contributed by atoms with van der Waals surface area (Å²) in [6.07, 6.45) is -11.7. The highest BCUT2D eigenvalue weighted by Crippen LogP contribution is 2.50. The molecule has 2 rings (SSSR count). The van der Waals surface area contributed by atoms with Crippen LogP contribution in [0.4, 0.5) is 35.1 Å². The molecule has 3 nitrogen and oxygen atoms in total. The van der Waals surface area contributed by atoms with E-state index >= 15 is 0 Å². The number of thiazole rings is 1. The summed E-state index contributed by atoms with van der Waals surface area (Å²) in [6, 6.07) is 0. The van der Waals surface area contributed by atoms with Gasteiger partial charge in [-0.3, -0.25) is 4.68 Å². The van der Waals surface area contributed by atoms with Gasteiger partial charge in [-0.15, -0.1) is 11.3 Å². The van der Waals surface area contributed by atoms with Crippen molar-refractivity contribution in [3.8, 4) is 11.4 Å². The van der Waals surface area contributed by atoms with Gasteiger partial charge in [-0.1, -0.05) is 11.6 Å². The Morgan fingerprint density at radius 2 is 1.65 bits per heavy atom. The molecule has 0 aromatic carbocycles. The fourth-order valence-corrected chi connectivity index (χ4v) is 2.55. The smallest absolute Gasteiger partial charge is 0.265 e. The predicted octanol–water partition coefficient (Wildman–Crippen LogP) is 4.87. The molecule has 0 unspecified atom stereocenters. The molecule has 0 amide bonds. The average molecular weight is 386 g/mol. The van der Waals surface area contributed by atoms with Crippen molar-refractivity contribution < 1.29 is 35.1 Å². The van der Waals surface area contributed by atoms with Crippen LogP contribution in [-0.4, -0.2) is 20.9 Å². The predicted molar refractivity (Wildman–Crippen MR) is 64.3 cm³/mol. The van der Waals surface area contributed by atoms with Crippen LogP contribution >= 0.6 is 22.9 Å². The van der Waals surface area contributed by atoms with Gasteiger partial charge in [-0.2, -0.15) is 40.2 Å². The largest absolute Gasteiger partial charge is 0.459 e. The summed E-state index contributed by atoms with van der Waals surface area (Å²) in [5, 5.41) is 3.74. The second kappa shape index (κ2) is 5.30. The quantitative estimate of drug-likeness (QED) is 0.691. The molecule has 0 aliphatic heterocycles. The topological polar surface area (TPSA) is 30.7 Å². The standard InChI is InChI=1S/C10H4ClF8N3S/c1-22-5(3-2-23-7(11)20-3)4(9(14,15)16)6(21-22)8(12,13)10(17,18)19/h2H,1H3. The van der Waals surface area contributed by atoms with Gasteiger partial charge in [0.15, 0.2) is 10.2 Å². The molecule has 0 spiro atoms. The van der Waals surface area contributed by atoms with Gasteiger partial charge in [-0.25, -0.2) is 4.98 Å². The molecule has 2 aromatic heterocycles. The molecule has 23 heavy (non-hydrogen) atoms. The van der Waals surface area contributed by atoms with Crippen molar-refractivity contribution in [2.24, 2.45) is 7.05 Å². The molecule has 2 aromatic rings. The lowest BCUT2D eigenvalue weighted by molar-refractivity contribution is -0.292. The van der Waals surface area contributed by atoms with E-state index in [0.717, 1.165) is 12.4 Å². The molecule has 0 bridgehead atoms. The van der Waals surface area contributed by atoms with Crippen LogP contribution in [0.5, 0.6) is 0 Å². The lowest BCUT2D eigenvalue weighted by Crippen LogP contribution is -2.36. The zero-order valence-corrected chi connectivity index (χ0v) is 12.3. The van der Waals surface area contributed by atoms with E-state index in [-0.39, 0.29) is 9.15 Å². The highest BCUT2D eigenvalue weighted by molar-refractivity contribution is 7.14. The van der Waals surface area contributed by atoms with E-state index < -0.39 is 40.9 Å². The first-order valence-electron chi connectivity index (χ1n) is 5.47. The van der Waals surface area contributed by atoms with Crippen molar-refractivity contribution in [1.29, 1.82) is 0 Å². The summed E-state index contributed by atoms with van der Waals surface area (Å²) in [5.74, 6) is -5.78. The normalized spacial score (nSPS) is 13.7. The van der Waals surface area contributed by atoms with Crippen molar-refractivity contribution in [3.05, 3.63) is 21.1 Å². The van der Waals surface area contributed by atoms with E-state index in [9.17, 15) is 35.1 Å². The van der Waals surface area contributed by atoms with Crippen LogP contribution in [0.15, 0.2) is 5.38 Å².